The largest absolute Gasteiger partial charge is 0.458 e. The average molecular weight is 291 g/mol. The molecule has 94 valence electrons. The standard InChI is InChI=1S/C12H24BBrO2/c1-6-7-8-10(14)9-13-15-11(2,3)12(4,5)16-13/h10H,6-9H2,1-5H3. The summed E-state index contributed by atoms with van der Waals surface area (Å²) < 4.78 is 11.9. The Bertz CT molecular complexity index is 215. The van der Waals surface area contributed by atoms with E-state index in [1.165, 1.54) is 19.3 Å². The van der Waals surface area contributed by atoms with Crippen molar-refractivity contribution < 1.29 is 9.31 Å². The first-order chi connectivity index (χ1) is 7.28. The van der Waals surface area contributed by atoms with Crippen molar-refractivity contribution >= 4 is 23.0 Å². The summed E-state index contributed by atoms with van der Waals surface area (Å²) in [6.45, 7) is 10.6. The topological polar surface area (TPSA) is 18.5 Å². The van der Waals surface area contributed by atoms with E-state index in [4.69, 9.17) is 9.31 Å². The van der Waals surface area contributed by atoms with Gasteiger partial charge in [0.15, 0.2) is 0 Å². The highest BCUT2D eigenvalue weighted by Gasteiger charge is 2.51. The first-order valence-electron chi connectivity index (χ1n) is 6.28. The molecular weight excluding hydrogens is 267 g/mol. The molecule has 1 saturated heterocycles. The molecule has 1 heterocycles. The Kier molecular flexibility index (Phi) is 4.91. The van der Waals surface area contributed by atoms with Crippen molar-refractivity contribution in [2.75, 3.05) is 0 Å². The van der Waals surface area contributed by atoms with E-state index in [1.54, 1.807) is 0 Å². The van der Waals surface area contributed by atoms with Crippen molar-refractivity contribution in [2.45, 2.75) is 76.2 Å². The first-order valence-corrected chi connectivity index (χ1v) is 7.20. The fourth-order valence-corrected chi connectivity index (χ4v) is 2.44. The summed E-state index contributed by atoms with van der Waals surface area (Å²) in [5, 5.41) is 0. The maximum Gasteiger partial charge on any atom is 0.458 e. The highest BCUT2D eigenvalue weighted by Crippen LogP contribution is 2.38. The molecule has 1 aliphatic rings. The van der Waals surface area contributed by atoms with Gasteiger partial charge in [-0.2, -0.15) is 0 Å². The minimum atomic E-state index is -0.199. The maximum atomic E-state index is 5.96. The van der Waals surface area contributed by atoms with Gasteiger partial charge in [0.05, 0.1) is 11.2 Å². The van der Waals surface area contributed by atoms with Crippen molar-refractivity contribution in [3.8, 4) is 0 Å². The Morgan fingerprint density at radius 2 is 1.62 bits per heavy atom. The predicted molar refractivity (Wildman–Crippen MR) is 73.1 cm³/mol. The van der Waals surface area contributed by atoms with E-state index in [0.29, 0.717) is 4.83 Å². The van der Waals surface area contributed by atoms with Gasteiger partial charge >= 0.3 is 7.12 Å². The average Bonchev–Trinajstić information content (AvgIpc) is 2.31. The van der Waals surface area contributed by atoms with Gasteiger partial charge < -0.3 is 9.31 Å². The Morgan fingerprint density at radius 1 is 1.12 bits per heavy atom. The highest BCUT2D eigenvalue weighted by molar-refractivity contribution is 9.09. The molecule has 0 aliphatic carbocycles. The lowest BCUT2D eigenvalue weighted by atomic mass is 9.82. The molecule has 0 radical (unpaired) electrons. The summed E-state index contributed by atoms with van der Waals surface area (Å²) in [6, 6.07) is 0. The summed E-state index contributed by atoms with van der Waals surface area (Å²) in [4.78, 5) is 0.502. The Labute approximate surface area is 109 Å². The zero-order valence-corrected chi connectivity index (χ0v) is 12.8. The lowest BCUT2D eigenvalue weighted by molar-refractivity contribution is 0.00578. The monoisotopic (exact) mass is 290 g/mol. The lowest BCUT2D eigenvalue weighted by Gasteiger charge is -2.32. The summed E-state index contributed by atoms with van der Waals surface area (Å²) in [5.74, 6) is 0. The van der Waals surface area contributed by atoms with Crippen LogP contribution < -0.4 is 0 Å². The quantitative estimate of drug-likeness (QED) is 0.562. The molecular formula is C12H24BBrO2. The Morgan fingerprint density at radius 3 is 2.06 bits per heavy atom. The van der Waals surface area contributed by atoms with Crippen LogP contribution >= 0.6 is 15.9 Å². The fraction of sp³-hybridized carbons (Fsp3) is 1.00. The van der Waals surface area contributed by atoms with Crippen LogP contribution in [0.4, 0.5) is 0 Å². The number of hydrogen-bond acceptors (Lipinski definition) is 2. The zero-order valence-electron chi connectivity index (χ0n) is 11.2. The minimum absolute atomic E-state index is 0.0637. The molecule has 0 aromatic carbocycles. The SMILES string of the molecule is CCCCC(Br)CB1OC(C)(C)C(C)(C)O1. The molecule has 4 heteroatoms. The molecule has 1 fully saturated rings. The fourth-order valence-electron chi connectivity index (χ4n) is 1.81. The van der Waals surface area contributed by atoms with Crippen molar-refractivity contribution in [3.05, 3.63) is 0 Å². The zero-order chi connectivity index (χ0) is 12.4. The van der Waals surface area contributed by atoms with Gasteiger partial charge in [0, 0.05) is 4.83 Å². The Hall–Kier alpha value is 0.465. The van der Waals surface area contributed by atoms with E-state index in [2.05, 4.69) is 50.5 Å². The van der Waals surface area contributed by atoms with Crippen LogP contribution in [0, 0.1) is 0 Å². The first kappa shape index (κ1) is 14.5. The van der Waals surface area contributed by atoms with Crippen LogP contribution in [-0.4, -0.2) is 23.1 Å². The van der Waals surface area contributed by atoms with Crippen LogP contribution in [0.2, 0.25) is 6.32 Å². The molecule has 1 aliphatic heterocycles. The smallest absolute Gasteiger partial charge is 0.403 e. The summed E-state index contributed by atoms with van der Waals surface area (Å²) in [5.41, 5.74) is -0.399. The van der Waals surface area contributed by atoms with E-state index in [0.717, 1.165) is 6.32 Å². The van der Waals surface area contributed by atoms with E-state index in [9.17, 15) is 0 Å². The molecule has 0 aromatic heterocycles. The van der Waals surface area contributed by atoms with E-state index < -0.39 is 0 Å². The number of alkyl halides is 1. The number of unbranched alkanes of at least 4 members (excludes halogenated alkanes) is 1. The van der Waals surface area contributed by atoms with Gasteiger partial charge in [0.25, 0.3) is 0 Å². The van der Waals surface area contributed by atoms with Crippen molar-refractivity contribution in [1.29, 1.82) is 0 Å². The van der Waals surface area contributed by atoms with Crippen LogP contribution in [0.15, 0.2) is 0 Å². The second kappa shape index (κ2) is 5.41. The van der Waals surface area contributed by atoms with Crippen molar-refractivity contribution in [1.82, 2.24) is 0 Å². The van der Waals surface area contributed by atoms with E-state index >= 15 is 0 Å². The van der Waals surface area contributed by atoms with Gasteiger partial charge in [-0.15, -0.1) is 0 Å². The molecule has 16 heavy (non-hydrogen) atoms. The molecule has 1 rings (SSSR count). The Balaban J connectivity index is 2.41. The molecule has 1 unspecified atom stereocenters. The molecule has 0 N–H and O–H groups in total. The van der Waals surface area contributed by atoms with E-state index in [1.807, 2.05) is 0 Å². The van der Waals surface area contributed by atoms with Crippen LogP contribution in [0.5, 0.6) is 0 Å². The molecule has 2 nitrogen and oxygen atoms in total. The molecule has 0 amide bonds. The summed E-state index contributed by atoms with van der Waals surface area (Å²) in [6.07, 6.45) is 4.63. The van der Waals surface area contributed by atoms with Crippen LogP contribution in [0.25, 0.3) is 0 Å². The van der Waals surface area contributed by atoms with Crippen LogP contribution in [0.3, 0.4) is 0 Å². The minimum Gasteiger partial charge on any atom is -0.403 e. The van der Waals surface area contributed by atoms with Crippen molar-refractivity contribution in [3.63, 3.8) is 0 Å². The molecule has 0 aromatic rings. The van der Waals surface area contributed by atoms with Gasteiger partial charge in [-0.1, -0.05) is 35.7 Å². The third-order valence-electron chi connectivity index (χ3n) is 3.62. The number of hydrogen-bond donors (Lipinski definition) is 0. The maximum absolute atomic E-state index is 5.96. The van der Waals surface area contributed by atoms with Gasteiger partial charge in [-0.25, -0.2) is 0 Å². The van der Waals surface area contributed by atoms with Crippen molar-refractivity contribution in [2.24, 2.45) is 0 Å². The van der Waals surface area contributed by atoms with Gasteiger partial charge in [-0.3, -0.25) is 0 Å². The highest BCUT2D eigenvalue weighted by atomic mass is 79.9. The molecule has 1 atom stereocenters. The molecule has 0 spiro atoms. The van der Waals surface area contributed by atoms with Crippen LogP contribution in [-0.2, 0) is 9.31 Å². The third-order valence-corrected chi connectivity index (χ3v) is 4.45. The predicted octanol–water partition coefficient (Wildman–Crippen LogP) is 4.03. The summed E-state index contributed by atoms with van der Waals surface area (Å²) >= 11 is 3.70. The number of halogens is 1. The third kappa shape index (κ3) is 3.48. The normalized spacial score (nSPS) is 24.8. The molecule has 0 bridgehead atoms. The lowest BCUT2D eigenvalue weighted by Crippen LogP contribution is -2.41. The van der Waals surface area contributed by atoms with Gasteiger partial charge in [0.2, 0.25) is 0 Å². The second-order valence-corrected chi connectivity index (χ2v) is 6.96. The van der Waals surface area contributed by atoms with Gasteiger partial charge in [0.1, 0.15) is 0 Å². The summed E-state index contributed by atoms with van der Waals surface area (Å²) in [7, 11) is -0.0637. The van der Waals surface area contributed by atoms with Crippen LogP contribution in [0.1, 0.15) is 53.9 Å². The van der Waals surface area contributed by atoms with Gasteiger partial charge in [-0.05, 0) is 40.4 Å². The number of rotatable bonds is 5. The molecule has 0 saturated carbocycles. The second-order valence-electron chi connectivity index (χ2n) is 5.66. The van der Waals surface area contributed by atoms with E-state index in [-0.39, 0.29) is 18.3 Å².